The average molecular weight is 476 g/mol. The molecule has 2 aromatic rings. The maximum atomic E-state index is 11.7. The monoisotopic (exact) mass is 475 g/mol. The summed E-state index contributed by atoms with van der Waals surface area (Å²) in [6, 6.07) is 15.6. The first-order valence-electron chi connectivity index (χ1n) is 11.6. The summed E-state index contributed by atoms with van der Waals surface area (Å²) in [5.41, 5.74) is 4.40. The molecule has 0 saturated heterocycles. The Morgan fingerprint density at radius 3 is 2.11 bits per heavy atom. The van der Waals surface area contributed by atoms with Crippen LogP contribution in [-0.2, 0) is 4.79 Å². The summed E-state index contributed by atoms with van der Waals surface area (Å²) < 4.78 is 5.40. The van der Waals surface area contributed by atoms with Crippen molar-refractivity contribution in [2.24, 2.45) is 5.92 Å². The van der Waals surface area contributed by atoms with Gasteiger partial charge < -0.3 is 15.2 Å². The number of rotatable bonds is 11. The first-order valence-corrected chi connectivity index (χ1v) is 11.6. The number of amides is 1. The highest BCUT2D eigenvalue weighted by Gasteiger charge is 2.14. The molecule has 2 rings (SSSR count). The molecule has 0 heterocycles. The number of benzene rings is 2. The van der Waals surface area contributed by atoms with E-state index in [0.717, 1.165) is 28.0 Å². The molecule has 2 N–H and O–H groups in total. The number of carbonyl (C=O) groups excluding carboxylic acids is 2. The molecule has 0 saturated carbocycles. The summed E-state index contributed by atoms with van der Waals surface area (Å²) in [7, 11) is 0. The van der Waals surface area contributed by atoms with Gasteiger partial charge in [0, 0.05) is 12.1 Å². The first kappa shape index (κ1) is 29.3. The van der Waals surface area contributed by atoms with Crippen molar-refractivity contribution in [1.82, 2.24) is 5.32 Å². The third-order valence-electron chi connectivity index (χ3n) is 5.23. The van der Waals surface area contributed by atoms with Gasteiger partial charge in [-0.3, -0.25) is 9.59 Å². The van der Waals surface area contributed by atoms with Crippen molar-refractivity contribution in [1.29, 1.82) is 0 Å². The van der Waals surface area contributed by atoms with E-state index < -0.39 is 0 Å². The van der Waals surface area contributed by atoms with E-state index >= 15 is 0 Å². The van der Waals surface area contributed by atoms with E-state index in [0.29, 0.717) is 18.7 Å². The van der Waals surface area contributed by atoms with E-state index in [1.165, 1.54) is 0 Å². The number of hydrogen-bond acceptors (Lipinski definition) is 4. The van der Waals surface area contributed by atoms with Gasteiger partial charge in [-0.05, 0) is 62.1 Å². The SMILES string of the molecule is C=C/C(=C\C=C/C)CNC(=O)C(C)C(=C)CO.CCOc1ccc(-c2ccc(C(C)=O)cc2)cc1. The quantitative estimate of drug-likeness (QED) is 0.240. The average Bonchev–Trinajstić information content (AvgIpc) is 2.88. The zero-order valence-electron chi connectivity index (χ0n) is 21.2. The van der Waals surface area contributed by atoms with Crippen LogP contribution < -0.4 is 10.1 Å². The number of hydrogen-bond donors (Lipinski definition) is 2. The molecule has 0 fully saturated rings. The lowest BCUT2D eigenvalue weighted by atomic mass is 10.0. The van der Waals surface area contributed by atoms with Crippen LogP contribution in [0.1, 0.15) is 38.1 Å². The van der Waals surface area contributed by atoms with Crippen LogP contribution in [0.15, 0.2) is 97.1 Å². The molecule has 35 heavy (non-hydrogen) atoms. The summed E-state index contributed by atoms with van der Waals surface area (Å²) in [5, 5.41) is 11.7. The number of nitrogens with one attached hydrogen (secondary N) is 1. The van der Waals surface area contributed by atoms with Crippen molar-refractivity contribution in [2.45, 2.75) is 27.7 Å². The first-order chi connectivity index (χ1) is 16.8. The topological polar surface area (TPSA) is 75.6 Å². The molecule has 5 heteroatoms. The Labute approximate surface area is 209 Å². The van der Waals surface area contributed by atoms with Crippen LogP contribution in [0, 0.1) is 5.92 Å². The summed E-state index contributed by atoms with van der Waals surface area (Å²) in [5.74, 6) is 0.444. The van der Waals surface area contributed by atoms with E-state index in [-0.39, 0.29) is 24.2 Å². The maximum Gasteiger partial charge on any atom is 0.227 e. The fourth-order valence-corrected chi connectivity index (χ4v) is 2.89. The standard InChI is InChI=1S/C16H16O2.C14H21NO2/c1-3-18-16-10-8-15(9-11-16)14-6-4-13(5-7-14)12(2)17;1-5-7-8-13(6-2)9-15-14(17)12(4)11(3)10-16/h4-11H,3H2,1-2H3;5-8,12,16H,2-3,9-10H2,1,4H3,(H,15,17)/b;7-5-,13-8+. The number of allylic oxidation sites excluding steroid dienone is 3. The molecule has 2 aromatic carbocycles. The molecule has 1 unspecified atom stereocenters. The second-order valence-electron chi connectivity index (χ2n) is 7.82. The van der Waals surface area contributed by atoms with Crippen LogP contribution in [-0.4, -0.2) is 36.6 Å². The molecular weight excluding hydrogens is 438 g/mol. The number of ether oxygens (including phenoxy) is 1. The summed E-state index contributed by atoms with van der Waals surface area (Å²) in [6.07, 6.45) is 7.38. The fraction of sp³-hybridized carbons (Fsp3) is 0.267. The zero-order valence-corrected chi connectivity index (χ0v) is 21.2. The molecule has 0 aliphatic heterocycles. The van der Waals surface area contributed by atoms with Crippen molar-refractivity contribution in [3.05, 3.63) is 103 Å². The largest absolute Gasteiger partial charge is 0.494 e. The van der Waals surface area contributed by atoms with E-state index in [9.17, 15) is 9.59 Å². The number of aliphatic hydroxyl groups is 1. The van der Waals surface area contributed by atoms with Gasteiger partial charge in [0.2, 0.25) is 5.91 Å². The molecule has 0 aliphatic carbocycles. The van der Waals surface area contributed by atoms with Crippen LogP contribution in [0.3, 0.4) is 0 Å². The van der Waals surface area contributed by atoms with Gasteiger partial charge in [0.15, 0.2) is 5.78 Å². The lowest BCUT2D eigenvalue weighted by molar-refractivity contribution is -0.123. The van der Waals surface area contributed by atoms with Gasteiger partial charge in [0.1, 0.15) is 5.75 Å². The van der Waals surface area contributed by atoms with Crippen LogP contribution in [0.4, 0.5) is 0 Å². The van der Waals surface area contributed by atoms with Crippen molar-refractivity contribution < 1.29 is 19.4 Å². The van der Waals surface area contributed by atoms with E-state index in [1.54, 1.807) is 19.9 Å². The smallest absolute Gasteiger partial charge is 0.227 e. The van der Waals surface area contributed by atoms with Crippen molar-refractivity contribution >= 4 is 11.7 Å². The van der Waals surface area contributed by atoms with Gasteiger partial charge in [0.05, 0.1) is 19.1 Å². The molecule has 0 aromatic heterocycles. The van der Waals surface area contributed by atoms with E-state index in [1.807, 2.05) is 80.6 Å². The van der Waals surface area contributed by atoms with Crippen LogP contribution in [0.25, 0.3) is 11.1 Å². The highest BCUT2D eigenvalue weighted by atomic mass is 16.5. The van der Waals surface area contributed by atoms with Gasteiger partial charge in [-0.2, -0.15) is 0 Å². The minimum absolute atomic E-state index is 0.0910. The van der Waals surface area contributed by atoms with Gasteiger partial charge in [-0.1, -0.05) is 73.9 Å². The van der Waals surface area contributed by atoms with E-state index in [4.69, 9.17) is 9.84 Å². The molecule has 1 amide bonds. The Hall–Kier alpha value is -3.70. The van der Waals surface area contributed by atoms with Gasteiger partial charge in [-0.25, -0.2) is 0 Å². The fourth-order valence-electron chi connectivity index (χ4n) is 2.89. The summed E-state index contributed by atoms with van der Waals surface area (Å²) in [6.45, 7) is 15.4. The number of carbonyl (C=O) groups is 2. The van der Waals surface area contributed by atoms with Gasteiger partial charge in [-0.15, -0.1) is 0 Å². The molecule has 186 valence electrons. The molecule has 0 spiro atoms. The van der Waals surface area contributed by atoms with Crippen molar-refractivity contribution in [2.75, 3.05) is 19.8 Å². The van der Waals surface area contributed by atoms with E-state index in [2.05, 4.69) is 18.5 Å². The van der Waals surface area contributed by atoms with Crippen LogP contribution in [0.2, 0.25) is 0 Å². The number of Topliss-reactive ketones (excluding diaryl/α,β-unsaturated/α-hetero) is 1. The third kappa shape index (κ3) is 10.4. The second-order valence-corrected chi connectivity index (χ2v) is 7.82. The highest BCUT2D eigenvalue weighted by Crippen LogP contribution is 2.23. The molecule has 1 atom stereocenters. The summed E-state index contributed by atoms with van der Waals surface area (Å²) >= 11 is 0. The Morgan fingerprint density at radius 1 is 1.09 bits per heavy atom. The van der Waals surface area contributed by atoms with Gasteiger partial charge in [0.25, 0.3) is 0 Å². The zero-order chi connectivity index (χ0) is 26.2. The van der Waals surface area contributed by atoms with Gasteiger partial charge >= 0.3 is 0 Å². The number of aliphatic hydroxyl groups excluding tert-OH is 1. The number of ketones is 1. The normalized spacial score (nSPS) is 11.7. The van der Waals surface area contributed by atoms with Crippen molar-refractivity contribution in [3.63, 3.8) is 0 Å². The lowest BCUT2D eigenvalue weighted by Crippen LogP contribution is -2.31. The lowest BCUT2D eigenvalue weighted by Gasteiger charge is -2.13. The Balaban J connectivity index is 0.000000351. The Bertz CT molecular complexity index is 1030. The molecule has 0 radical (unpaired) electrons. The minimum atomic E-state index is -0.382. The molecule has 0 aliphatic rings. The Kier molecular flexibility index (Phi) is 13.4. The van der Waals surface area contributed by atoms with Crippen LogP contribution >= 0.6 is 0 Å². The Morgan fingerprint density at radius 2 is 1.66 bits per heavy atom. The highest BCUT2D eigenvalue weighted by molar-refractivity contribution is 5.94. The third-order valence-corrected chi connectivity index (χ3v) is 5.23. The second kappa shape index (κ2) is 16.0. The molecule has 0 bridgehead atoms. The van der Waals surface area contributed by atoms with Crippen molar-refractivity contribution in [3.8, 4) is 16.9 Å². The predicted octanol–water partition coefficient (Wildman–Crippen LogP) is 5.93. The van der Waals surface area contributed by atoms with Crippen LogP contribution in [0.5, 0.6) is 5.75 Å². The molecular formula is C30H37NO4. The predicted molar refractivity (Wildman–Crippen MR) is 145 cm³/mol. The summed E-state index contributed by atoms with van der Waals surface area (Å²) in [4.78, 5) is 22.9. The maximum absolute atomic E-state index is 11.7. The minimum Gasteiger partial charge on any atom is -0.494 e. The molecule has 5 nitrogen and oxygen atoms in total.